The largest absolute Gasteiger partial charge is 0.433 e. The number of carbonyl (C=O) groups excluding carboxylic acids is 1. The van der Waals surface area contributed by atoms with E-state index in [1.54, 1.807) is 0 Å². The van der Waals surface area contributed by atoms with Crippen LogP contribution in [0.4, 0.5) is 13.2 Å². The fourth-order valence-corrected chi connectivity index (χ4v) is 2.39. The molecule has 2 aromatic rings. The number of hydrazine groups is 1. The quantitative estimate of drug-likeness (QED) is 0.620. The van der Waals surface area contributed by atoms with Crippen LogP contribution in [-0.2, 0) is 6.18 Å². The van der Waals surface area contributed by atoms with E-state index < -0.39 is 17.8 Å². The minimum atomic E-state index is -4.58. The Balaban J connectivity index is 2.30. The van der Waals surface area contributed by atoms with Crippen molar-refractivity contribution in [3.63, 3.8) is 0 Å². The van der Waals surface area contributed by atoms with Crippen LogP contribution in [0, 0.1) is 6.92 Å². The lowest BCUT2D eigenvalue weighted by Gasteiger charge is -2.16. The first kappa shape index (κ1) is 17.1. The van der Waals surface area contributed by atoms with Crippen LogP contribution in [0.25, 0.3) is 5.13 Å². The predicted octanol–water partition coefficient (Wildman–Crippen LogP) is 1.48. The molecule has 3 N–H and O–H groups in total. The van der Waals surface area contributed by atoms with Gasteiger partial charge in [-0.2, -0.15) is 18.3 Å². The lowest BCUT2D eigenvalue weighted by atomic mass is 10.3. The van der Waals surface area contributed by atoms with Crippen molar-refractivity contribution in [1.82, 2.24) is 25.2 Å². The van der Waals surface area contributed by atoms with Crippen molar-refractivity contribution in [2.45, 2.75) is 13.1 Å². The monoisotopic (exact) mass is 364 g/mol. The van der Waals surface area contributed by atoms with Gasteiger partial charge in [0.15, 0.2) is 10.8 Å². The number of alkyl halides is 3. The van der Waals surface area contributed by atoms with Gasteiger partial charge in [-0.15, -0.1) is 11.3 Å². The third kappa shape index (κ3) is 3.76. The number of hydrogen-bond donors (Lipinski definition) is 2. The molecule has 0 bridgehead atoms. The fourth-order valence-electron chi connectivity index (χ4n) is 1.58. The average Bonchev–Trinajstić information content (AvgIpc) is 3.03. The number of aromatic nitrogens is 3. The zero-order valence-corrected chi connectivity index (χ0v) is 13.5. The van der Waals surface area contributed by atoms with Crippen LogP contribution >= 0.6 is 23.6 Å². The molecule has 0 fully saturated rings. The molecule has 2 heterocycles. The Labute approximate surface area is 137 Å². The molecule has 0 unspecified atom stereocenters. The Morgan fingerprint density at radius 3 is 2.74 bits per heavy atom. The van der Waals surface area contributed by atoms with E-state index in [4.69, 9.17) is 5.73 Å². The topological polar surface area (TPSA) is 89.1 Å². The number of halogens is 3. The summed E-state index contributed by atoms with van der Waals surface area (Å²) in [5, 5.41) is 6.03. The van der Waals surface area contributed by atoms with Gasteiger partial charge in [0, 0.05) is 12.4 Å². The van der Waals surface area contributed by atoms with Crippen molar-refractivity contribution in [3.05, 3.63) is 28.5 Å². The van der Waals surface area contributed by atoms with E-state index in [0.29, 0.717) is 4.68 Å². The second-order valence-electron chi connectivity index (χ2n) is 4.43. The molecule has 23 heavy (non-hydrogen) atoms. The van der Waals surface area contributed by atoms with E-state index in [1.165, 1.54) is 19.4 Å². The summed E-state index contributed by atoms with van der Waals surface area (Å²) in [6.07, 6.45) is -4.58. The van der Waals surface area contributed by atoms with Crippen molar-refractivity contribution >= 4 is 34.6 Å². The maximum Gasteiger partial charge on any atom is 0.433 e. The summed E-state index contributed by atoms with van der Waals surface area (Å²) in [5.74, 6) is -0.653. The zero-order chi connectivity index (χ0) is 17.4. The molecule has 7 nitrogen and oxygen atoms in total. The summed E-state index contributed by atoms with van der Waals surface area (Å²) < 4.78 is 39.6. The maximum atomic E-state index is 13.0. The molecule has 0 saturated carbocycles. The van der Waals surface area contributed by atoms with Gasteiger partial charge in [-0.1, -0.05) is 0 Å². The molecule has 0 aliphatic heterocycles. The van der Waals surface area contributed by atoms with Crippen LogP contribution in [0.15, 0.2) is 11.4 Å². The number of thiazole rings is 1. The number of nitrogens with zero attached hydrogens (tertiary/aromatic N) is 4. The minimum absolute atomic E-state index is 0.0733. The maximum absolute atomic E-state index is 13.0. The number of thiocarbonyl (C=S) groups is 1. The van der Waals surface area contributed by atoms with Gasteiger partial charge in [-0.25, -0.2) is 9.67 Å². The predicted molar refractivity (Wildman–Crippen MR) is 81.0 cm³/mol. The molecule has 1 amide bonds. The van der Waals surface area contributed by atoms with Gasteiger partial charge in [0.1, 0.15) is 5.69 Å². The normalized spacial score (nSPS) is 11.3. The van der Waals surface area contributed by atoms with E-state index in [1.807, 2.05) is 0 Å². The highest BCUT2D eigenvalue weighted by Gasteiger charge is 2.36. The summed E-state index contributed by atoms with van der Waals surface area (Å²) in [5.41, 5.74) is 6.80. The van der Waals surface area contributed by atoms with Crippen molar-refractivity contribution < 1.29 is 18.0 Å². The van der Waals surface area contributed by atoms with E-state index in [-0.39, 0.29) is 21.6 Å². The smallest absolute Gasteiger partial charge is 0.375 e. The Bertz CT molecular complexity index is 753. The summed E-state index contributed by atoms with van der Waals surface area (Å²) in [7, 11) is 1.42. The van der Waals surface area contributed by atoms with Crippen LogP contribution in [0.5, 0.6) is 0 Å². The Hall–Kier alpha value is -2.21. The Kier molecular flexibility index (Phi) is 4.56. The van der Waals surface area contributed by atoms with Gasteiger partial charge in [0.25, 0.3) is 5.91 Å². The molecule has 0 radical (unpaired) electrons. The van der Waals surface area contributed by atoms with Crippen LogP contribution in [0.2, 0.25) is 0 Å². The Morgan fingerprint density at radius 2 is 2.17 bits per heavy atom. The van der Waals surface area contributed by atoms with Crippen LogP contribution in [0.3, 0.4) is 0 Å². The summed E-state index contributed by atoms with van der Waals surface area (Å²) in [6, 6.07) is 0.905. The first-order valence-corrected chi connectivity index (χ1v) is 7.32. The van der Waals surface area contributed by atoms with Gasteiger partial charge < -0.3 is 5.73 Å². The molecular formula is C11H11F3N6OS2. The molecular weight excluding hydrogens is 353 g/mol. The zero-order valence-electron chi connectivity index (χ0n) is 11.9. The first-order chi connectivity index (χ1) is 10.6. The molecule has 0 aliphatic carbocycles. The van der Waals surface area contributed by atoms with Gasteiger partial charge in [0.2, 0.25) is 5.13 Å². The van der Waals surface area contributed by atoms with E-state index in [0.717, 1.165) is 22.4 Å². The lowest BCUT2D eigenvalue weighted by molar-refractivity contribution is -0.142. The molecule has 0 spiro atoms. The number of carbonyl (C=O) groups is 1. The molecule has 0 aromatic carbocycles. The highest BCUT2D eigenvalue weighted by Crippen LogP contribution is 2.32. The van der Waals surface area contributed by atoms with Crippen molar-refractivity contribution in [1.29, 1.82) is 0 Å². The SMILES string of the molecule is Cc1cc(C(F)(F)F)n(-c2nc(C(=O)NN(C)C(N)=S)cs2)n1. The second-order valence-corrected chi connectivity index (χ2v) is 5.69. The van der Waals surface area contributed by atoms with Crippen LogP contribution in [0.1, 0.15) is 21.9 Å². The summed E-state index contributed by atoms with van der Waals surface area (Å²) >= 11 is 5.52. The first-order valence-electron chi connectivity index (χ1n) is 6.03. The summed E-state index contributed by atoms with van der Waals surface area (Å²) in [6.45, 7) is 1.43. The molecule has 0 aliphatic rings. The van der Waals surface area contributed by atoms with Crippen LogP contribution in [-0.4, -0.2) is 37.8 Å². The van der Waals surface area contributed by atoms with Crippen molar-refractivity contribution in [3.8, 4) is 5.13 Å². The number of nitrogens with one attached hydrogen (secondary N) is 1. The van der Waals surface area contributed by atoms with Gasteiger partial charge in [0.05, 0.1) is 5.69 Å². The highest BCUT2D eigenvalue weighted by molar-refractivity contribution is 7.80. The fraction of sp³-hybridized carbons (Fsp3) is 0.273. The third-order valence-electron chi connectivity index (χ3n) is 2.63. The molecule has 0 atom stereocenters. The standard InChI is InChI=1S/C11H11F3N6OS2/c1-5-3-7(11(12,13)14)20(17-5)10-16-6(4-23-10)8(21)18-19(2)9(15)22/h3-4H,1-2H3,(H2,15,22)(H,18,21). The number of amides is 1. The number of hydrogen-bond acceptors (Lipinski definition) is 5. The van der Waals surface area contributed by atoms with Crippen molar-refractivity contribution in [2.24, 2.45) is 5.73 Å². The molecule has 0 saturated heterocycles. The summed E-state index contributed by atoms with van der Waals surface area (Å²) in [4.78, 5) is 15.8. The van der Waals surface area contributed by atoms with Crippen LogP contribution < -0.4 is 11.2 Å². The van der Waals surface area contributed by atoms with Gasteiger partial charge in [-0.05, 0) is 25.2 Å². The Morgan fingerprint density at radius 1 is 1.52 bits per heavy atom. The molecule has 12 heteroatoms. The number of nitrogens with two attached hydrogens (primary N) is 1. The second kappa shape index (κ2) is 6.12. The third-order valence-corrected chi connectivity index (χ3v) is 3.72. The molecule has 2 aromatic heterocycles. The van der Waals surface area contributed by atoms with E-state index >= 15 is 0 Å². The van der Waals surface area contributed by atoms with E-state index in [2.05, 4.69) is 27.7 Å². The van der Waals surface area contributed by atoms with Gasteiger partial charge in [-0.3, -0.25) is 15.2 Å². The minimum Gasteiger partial charge on any atom is -0.375 e. The molecule has 2 rings (SSSR count). The average molecular weight is 364 g/mol. The van der Waals surface area contributed by atoms with E-state index in [9.17, 15) is 18.0 Å². The lowest BCUT2D eigenvalue weighted by Crippen LogP contribution is -2.46. The van der Waals surface area contributed by atoms with Gasteiger partial charge >= 0.3 is 6.18 Å². The highest BCUT2D eigenvalue weighted by atomic mass is 32.1. The number of rotatable bonds is 2. The molecule has 124 valence electrons. The van der Waals surface area contributed by atoms with Crippen molar-refractivity contribution in [2.75, 3.05) is 7.05 Å². The number of aryl methyl sites for hydroxylation is 1.